The summed E-state index contributed by atoms with van der Waals surface area (Å²) in [7, 11) is -4.28. The summed E-state index contributed by atoms with van der Waals surface area (Å²) in [6, 6.07) is 2.19. The van der Waals surface area contributed by atoms with Crippen LogP contribution in [0.3, 0.4) is 0 Å². The molecule has 5 aliphatic rings. The van der Waals surface area contributed by atoms with Crippen molar-refractivity contribution in [3.05, 3.63) is 53.0 Å². The van der Waals surface area contributed by atoms with Gasteiger partial charge in [0, 0.05) is 37.5 Å². The van der Waals surface area contributed by atoms with E-state index in [1.165, 1.54) is 15.9 Å². The summed E-state index contributed by atoms with van der Waals surface area (Å²) in [6.07, 6.45) is 3.61. The number of fused-ring (bicyclic) bond motifs is 3. The fourth-order valence-corrected chi connectivity index (χ4v) is 8.54. The van der Waals surface area contributed by atoms with Crippen LogP contribution in [0.15, 0.2) is 36.1 Å². The van der Waals surface area contributed by atoms with Gasteiger partial charge in [-0.15, -0.1) is 5.73 Å². The number of hydrogen-bond acceptors (Lipinski definition) is 10. The molecule has 0 spiro atoms. The molecule has 1 aromatic carbocycles. The fourth-order valence-electron chi connectivity index (χ4n) is 7.36. The molecule has 5 amide bonds. The van der Waals surface area contributed by atoms with Crippen LogP contribution >= 0.6 is 0 Å². The zero-order valence-electron chi connectivity index (χ0n) is 31.3. The number of hydrogen-bond donors (Lipinski definition) is 3. The van der Waals surface area contributed by atoms with E-state index in [-0.39, 0.29) is 65.2 Å². The monoisotopic (exact) mass is 788 g/mol. The summed E-state index contributed by atoms with van der Waals surface area (Å²) in [5.74, 6) is -3.39. The Labute approximate surface area is 319 Å². The van der Waals surface area contributed by atoms with Crippen LogP contribution in [0.2, 0.25) is 0 Å². The van der Waals surface area contributed by atoms with E-state index in [9.17, 15) is 36.8 Å². The van der Waals surface area contributed by atoms with E-state index < -0.39 is 81.2 Å². The van der Waals surface area contributed by atoms with Crippen molar-refractivity contribution in [2.24, 2.45) is 5.92 Å². The van der Waals surface area contributed by atoms with Gasteiger partial charge in [0.15, 0.2) is 0 Å². The number of rotatable bonds is 5. The lowest BCUT2D eigenvalue weighted by molar-refractivity contribution is -0.141. The number of carbonyl (C=O) groups is 5. The lowest BCUT2D eigenvalue weighted by Gasteiger charge is -2.31. The molecule has 4 heterocycles. The first-order valence-corrected chi connectivity index (χ1v) is 20.2. The quantitative estimate of drug-likeness (QED) is 0.374. The Morgan fingerprint density at radius 3 is 2.58 bits per heavy atom. The van der Waals surface area contributed by atoms with Crippen LogP contribution in [0.1, 0.15) is 76.8 Å². The molecule has 55 heavy (non-hydrogen) atoms. The van der Waals surface area contributed by atoms with E-state index in [0.717, 1.165) is 10.7 Å². The highest BCUT2D eigenvalue weighted by molar-refractivity contribution is 7.87. The van der Waals surface area contributed by atoms with Crippen LogP contribution in [-0.2, 0) is 51.9 Å². The van der Waals surface area contributed by atoms with E-state index in [2.05, 4.69) is 21.1 Å². The molecule has 3 N–H and O–H groups in total. The third-order valence-electron chi connectivity index (χ3n) is 10.3. The van der Waals surface area contributed by atoms with Gasteiger partial charge in [-0.1, -0.05) is 25.0 Å². The van der Waals surface area contributed by atoms with Gasteiger partial charge in [0.05, 0.1) is 26.3 Å². The predicted molar refractivity (Wildman–Crippen MR) is 193 cm³/mol. The molecule has 1 saturated carbocycles. The van der Waals surface area contributed by atoms with Gasteiger partial charge in [0.25, 0.3) is 5.91 Å². The van der Waals surface area contributed by atoms with Crippen LogP contribution < -0.4 is 15.4 Å². The summed E-state index contributed by atoms with van der Waals surface area (Å²) in [6.45, 7) is 5.35. The maximum Gasteiger partial charge on any atom is 0.410 e. The van der Waals surface area contributed by atoms with Crippen molar-refractivity contribution in [2.45, 2.75) is 108 Å². The van der Waals surface area contributed by atoms with Gasteiger partial charge in [-0.25, -0.2) is 18.7 Å². The molecule has 0 bridgehead atoms. The van der Waals surface area contributed by atoms with Gasteiger partial charge < -0.3 is 29.7 Å². The van der Waals surface area contributed by atoms with Crippen molar-refractivity contribution in [1.82, 2.24) is 29.5 Å². The standard InChI is InChI=1S/C37H49FN6O10S/c1-36(2,3)54-34(48)39-29-14-9-7-5-4-6-8-12-25-20-37(25,33(47)41-55(50,51)43-15-17-52-18-16-43)40-31(45)30-19-26(22-44(30)32(29)46)53-35(49)42-21-24-11-10-13-28(38)27(24)23-42/h6,10-13,25-26,29-30H,4-5,7,9,14-23H2,1-3H3,(H,39,48)(H,40,45)(H,41,47)/t8?,25-,26-,29+,30+,37-/m1/s1. The first-order valence-electron chi connectivity index (χ1n) is 18.7. The molecule has 300 valence electrons. The van der Waals surface area contributed by atoms with Crippen molar-refractivity contribution < 1.29 is 51.0 Å². The molecule has 4 aliphatic heterocycles. The molecule has 2 saturated heterocycles. The minimum Gasteiger partial charge on any atom is -0.444 e. The zero-order valence-corrected chi connectivity index (χ0v) is 32.1. The highest BCUT2D eigenvalue weighted by atomic mass is 32.2. The second-order valence-corrected chi connectivity index (χ2v) is 17.2. The van der Waals surface area contributed by atoms with E-state index >= 15 is 0 Å². The number of halogens is 1. The number of amides is 5. The van der Waals surface area contributed by atoms with Gasteiger partial charge >= 0.3 is 22.4 Å². The van der Waals surface area contributed by atoms with E-state index in [0.29, 0.717) is 30.4 Å². The molecule has 5 atom stereocenters. The van der Waals surface area contributed by atoms with Gasteiger partial charge in [-0.2, -0.15) is 12.7 Å². The smallest absolute Gasteiger partial charge is 0.410 e. The van der Waals surface area contributed by atoms with E-state index in [1.807, 2.05) is 0 Å². The highest BCUT2D eigenvalue weighted by Crippen LogP contribution is 2.45. The first kappa shape index (κ1) is 40.2. The zero-order chi connectivity index (χ0) is 39.5. The van der Waals surface area contributed by atoms with E-state index in [1.54, 1.807) is 45.1 Å². The minimum atomic E-state index is -4.28. The van der Waals surface area contributed by atoms with Crippen molar-refractivity contribution >= 4 is 40.1 Å². The van der Waals surface area contributed by atoms with Crippen molar-refractivity contribution in [1.29, 1.82) is 0 Å². The van der Waals surface area contributed by atoms with Gasteiger partial charge in [-0.05, 0) is 70.2 Å². The molecule has 0 aromatic heterocycles. The molecule has 0 radical (unpaired) electrons. The average molecular weight is 789 g/mol. The van der Waals surface area contributed by atoms with Crippen molar-refractivity contribution in [2.75, 3.05) is 32.8 Å². The predicted octanol–water partition coefficient (Wildman–Crippen LogP) is 2.38. The third kappa shape index (κ3) is 9.48. The fraction of sp³-hybridized carbons (Fsp3) is 0.622. The maximum atomic E-state index is 14.5. The van der Waals surface area contributed by atoms with Crippen LogP contribution in [0.5, 0.6) is 0 Å². The summed E-state index contributed by atoms with van der Waals surface area (Å²) in [5, 5.41) is 5.42. The Kier molecular flexibility index (Phi) is 11.9. The number of morpholine rings is 1. The number of nitrogens with zero attached hydrogens (tertiary/aromatic N) is 3. The lowest BCUT2D eigenvalue weighted by atomic mass is 10.0. The molecule has 18 heteroatoms. The Bertz CT molecular complexity index is 1860. The molecule has 1 aromatic rings. The van der Waals surface area contributed by atoms with Gasteiger partial charge in [0.2, 0.25) is 11.8 Å². The SMILES string of the molecule is CC(C)(C)OC(=O)N[C@H]1CCCCCC=C=C[C@@H]2C[C@@]2(C(=O)NS(=O)(=O)N2CCOCC2)NC(=O)[C@@H]2C[C@@H](OC(=O)N3Cc4cccc(F)c4C3)CN2C1=O. The molecule has 6 rings (SSSR count). The summed E-state index contributed by atoms with van der Waals surface area (Å²) in [4.78, 5) is 71.5. The van der Waals surface area contributed by atoms with Crippen LogP contribution in [0, 0.1) is 11.7 Å². The molecule has 3 fully saturated rings. The summed E-state index contributed by atoms with van der Waals surface area (Å²) < 4.78 is 60.6. The topological polar surface area (TPSA) is 193 Å². The molecule has 0 unspecified atom stereocenters. The Morgan fingerprint density at radius 2 is 1.85 bits per heavy atom. The minimum absolute atomic E-state index is 0.0175. The Morgan fingerprint density at radius 1 is 1.09 bits per heavy atom. The van der Waals surface area contributed by atoms with Crippen LogP contribution in [0.4, 0.5) is 14.0 Å². The maximum absolute atomic E-state index is 14.5. The summed E-state index contributed by atoms with van der Waals surface area (Å²) in [5.41, 5.74) is 1.55. The second kappa shape index (κ2) is 16.3. The number of alkyl carbamates (subject to hydrolysis) is 1. The van der Waals surface area contributed by atoms with Gasteiger partial charge in [-0.3, -0.25) is 19.3 Å². The highest BCUT2D eigenvalue weighted by Gasteiger charge is 2.62. The Balaban J connectivity index is 1.26. The van der Waals surface area contributed by atoms with E-state index in [4.69, 9.17) is 14.2 Å². The van der Waals surface area contributed by atoms with Gasteiger partial charge in [0.1, 0.15) is 35.1 Å². The van der Waals surface area contributed by atoms with Crippen LogP contribution in [-0.4, -0.2) is 115 Å². The molecule has 16 nitrogen and oxygen atoms in total. The Hall–Kier alpha value is -4.51. The third-order valence-corrected chi connectivity index (χ3v) is 11.8. The second-order valence-electron chi connectivity index (χ2n) is 15.6. The number of benzene rings is 1. The largest absolute Gasteiger partial charge is 0.444 e. The number of carbonyl (C=O) groups excluding carboxylic acids is 5. The number of nitrogens with one attached hydrogen (secondary N) is 3. The number of ether oxygens (including phenoxy) is 3. The normalized spacial score (nSPS) is 27.7. The average Bonchev–Trinajstić information content (AvgIpc) is 3.41. The molecular weight excluding hydrogens is 740 g/mol. The van der Waals surface area contributed by atoms with Crippen molar-refractivity contribution in [3.8, 4) is 0 Å². The molecular formula is C37H49FN6O10S. The van der Waals surface area contributed by atoms with Crippen LogP contribution in [0.25, 0.3) is 0 Å². The first-order chi connectivity index (χ1) is 26.1. The van der Waals surface area contributed by atoms with Crippen molar-refractivity contribution in [3.63, 3.8) is 0 Å². The summed E-state index contributed by atoms with van der Waals surface area (Å²) >= 11 is 0. The molecule has 1 aliphatic carbocycles. The lowest BCUT2D eigenvalue weighted by Crippen LogP contribution is -2.59.